The summed E-state index contributed by atoms with van der Waals surface area (Å²) in [5.41, 5.74) is 2.29. The van der Waals surface area contributed by atoms with Gasteiger partial charge in [0.05, 0.1) is 18.1 Å². The van der Waals surface area contributed by atoms with Gasteiger partial charge in [0.2, 0.25) is 11.8 Å². The Bertz CT molecular complexity index is 456. The van der Waals surface area contributed by atoms with Crippen molar-refractivity contribution < 1.29 is 14.8 Å². The molecule has 0 radical (unpaired) electrons. The summed E-state index contributed by atoms with van der Waals surface area (Å²) in [7, 11) is 0. The van der Waals surface area contributed by atoms with Gasteiger partial charge in [0.15, 0.2) is 0 Å². The number of rotatable bonds is 9. The van der Waals surface area contributed by atoms with Crippen LogP contribution in [0.4, 0.5) is 17.5 Å². The van der Waals surface area contributed by atoms with Crippen LogP contribution < -0.4 is 16.6 Å². The van der Waals surface area contributed by atoms with Crippen LogP contribution in [-0.4, -0.2) is 46.4 Å². The van der Waals surface area contributed by atoms with E-state index in [4.69, 9.17) is 15.7 Å². The number of hydrazine groups is 1. The zero-order valence-corrected chi connectivity index (χ0v) is 11.1. The second-order valence-corrected chi connectivity index (χ2v) is 3.85. The Kier molecular flexibility index (Phi) is 6.56. The number of nitro groups is 1. The second-order valence-electron chi connectivity index (χ2n) is 3.85. The Morgan fingerprint density at radius 1 is 1.45 bits per heavy atom. The zero-order valence-electron chi connectivity index (χ0n) is 11.1. The van der Waals surface area contributed by atoms with Gasteiger partial charge in [-0.05, 0) is 13.3 Å². The molecule has 5 N–H and O–H groups in total. The second kappa shape index (κ2) is 8.19. The number of hydrogen-bond acceptors (Lipinski definition) is 9. The molecule has 0 aliphatic rings. The van der Waals surface area contributed by atoms with E-state index in [1.54, 1.807) is 0 Å². The van der Waals surface area contributed by atoms with Gasteiger partial charge in [-0.2, -0.15) is 4.98 Å². The van der Waals surface area contributed by atoms with Gasteiger partial charge < -0.3 is 15.2 Å². The van der Waals surface area contributed by atoms with E-state index in [1.807, 2.05) is 0 Å². The van der Waals surface area contributed by atoms with E-state index in [-0.39, 0.29) is 36.4 Å². The molecule has 0 aromatic carbocycles. The molecule has 0 amide bonds. The molecule has 0 spiro atoms. The van der Waals surface area contributed by atoms with Crippen molar-refractivity contribution in [3.8, 4) is 0 Å². The Morgan fingerprint density at radius 2 is 2.20 bits per heavy atom. The van der Waals surface area contributed by atoms with E-state index in [0.717, 1.165) is 0 Å². The predicted molar refractivity (Wildman–Crippen MR) is 72.2 cm³/mol. The zero-order chi connectivity index (χ0) is 15.0. The molecule has 0 bridgehead atoms. The molecule has 0 atom stereocenters. The fourth-order valence-electron chi connectivity index (χ4n) is 1.52. The Hall–Kier alpha value is -2.04. The highest BCUT2D eigenvalue weighted by Crippen LogP contribution is 2.26. The van der Waals surface area contributed by atoms with Gasteiger partial charge in [-0.1, -0.05) is 0 Å². The first-order valence-corrected chi connectivity index (χ1v) is 6.02. The van der Waals surface area contributed by atoms with Crippen LogP contribution in [0.1, 0.15) is 12.1 Å². The highest BCUT2D eigenvalue weighted by atomic mass is 16.6. The van der Waals surface area contributed by atoms with E-state index < -0.39 is 4.92 Å². The topological polar surface area (TPSA) is 148 Å². The summed E-state index contributed by atoms with van der Waals surface area (Å²) in [6.07, 6.45) is 0.617. The predicted octanol–water partition coefficient (Wildman–Crippen LogP) is -0.210. The quantitative estimate of drug-likeness (QED) is 0.209. The number of nitrogens with zero attached hydrogens (tertiary/aromatic N) is 3. The third-order valence-electron chi connectivity index (χ3n) is 2.36. The lowest BCUT2D eigenvalue weighted by Gasteiger charge is -2.09. The lowest BCUT2D eigenvalue weighted by molar-refractivity contribution is -0.385. The van der Waals surface area contributed by atoms with Crippen molar-refractivity contribution >= 4 is 17.5 Å². The van der Waals surface area contributed by atoms with E-state index in [0.29, 0.717) is 19.6 Å². The Balaban J connectivity index is 2.67. The molecule has 20 heavy (non-hydrogen) atoms. The molecule has 1 aromatic rings. The number of nitrogens with two attached hydrogens (primary N) is 1. The molecule has 10 heteroatoms. The maximum Gasteiger partial charge on any atom is 0.332 e. The number of nitrogen functional groups attached to an aromatic ring is 1. The summed E-state index contributed by atoms with van der Waals surface area (Å²) >= 11 is 0. The van der Waals surface area contributed by atoms with Gasteiger partial charge in [0.25, 0.3) is 0 Å². The molecule has 0 saturated carbocycles. The number of aliphatic hydroxyl groups excluding tert-OH is 1. The SMILES string of the molecule is Cc1nc(NN)nc(NCCCOCCO)c1[N+](=O)[O-]. The van der Waals surface area contributed by atoms with Gasteiger partial charge in [-0.25, -0.2) is 10.8 Å². The number of ether oxygens (including phenoxy) is 1. The van der Waals surface area contributed by atoms with Crippen molar-refractivity contribution in [3.63, 3.8) is 0 Å². The average molecular weight is 286 g/mol. The molecule has 112 valence electrons. The van der Waals surface area contributed by atoms with Crippen LogP contribution >= 0.6 is 0 Å². The first-order chi connectivity index (χ1) is 9.60. The third-order valence-corrected chi connectivity index (χ3v) is 2.36. The van der Waals surface area contributed by atoms with Crippen LogP contribution in [0.15, 0.2) is 0 Å². The van der Waals surface area contributed by atoms with Gasteiger partial charge in [-0.3, -0.25) is 15.5 Å². The van der Waals surface area contributed by atoms with Crippen LogP contribution in [0.2, 0.25) is 0 Å². The van der Waals surface area contributed by atoms with Gasteiger partial charge >= 0.3 is 5.69 Å². The van der Waals surface area contributed by atoms with E-state index in [9.17, 15) is 10.1 Å². The van der Waals surface area contributed by atoms with Gasteiger partial charge in [-0.15, -0.1) is 0 Å². The van der Waals surface area contributed by atoms with Crippen molar-refractivity contribution in [1.29, 1.82) is 0 Å². The first-order valence-electron chi connectivity index (χ1n) is 6.02. The summed E-state index contributed by atoms with van der Waals surface area (Å²) in [6, 6.07) is 0. The Labute approximate surface area is 115 Å². The fraction of sp³-hybridized carbons (Fsp3) is 0.600. The number of nitrogens with one attached hydrogen (secondary N) is 2. The van der Waals surface area contributed by atoms with E-state index >= 15 is 0 Å². The maximum absolute atomic E-state index is 11.0. The summed E-state index contributed by atoms with van der Waals surface area (Å²) in [4.78, 5) is 18.2. The smallest absolute Gasteiger partial charge is 0.332 e. The molecule has 1 heterocycles. The molecule has 0 saturated heterocycles. The van der Waals surface area contributed by atoms with Crippen LogP contribution in [0.25, 0.3) is 0 Å². The number of aromatic nitrogens is 2. The molecule has 10 nitrogen and oxygen atoms in total. The monoisotopic (exact) mass is 286 g/mol. The lowest BCUT2D eigenvalue weighted by atomic mass is 10.3. The van der Waals surface area contributed by atoms with Gasteiger partial charge in [0.1, 0.15) is 5.69 Å². The minimum Gasteiger partial charge on any atom is -0.394 e. The van der Waals surface area contributed by atoms with Crippen molar-refractivity contribution in [2.24, 2.45) is 5.84 Å². The summed E-state index contributed by atoms with van der Waals surface area (Å²) in [5, 5.41) is 22.4. The number of aryl methyl sites for hydroxylation is 1. The molecule has 0 aliphatic heterocycles. The summed E-state index contributed by atoms with van der Waals surface area (Å²) < 4.78 is 5.08. The van der Waals surface area contributed by atoms with Gasteiger partial charge in [0, 0.05) is 13.2 Å². The normalized spacial score (nSPS) is 10.3. The van der Waals surface area contributed by atoms with Crippen LogP contribution in [0, 0.1) is 17.0 Å². The van der Waals surface area contributed by atoms with Crippen molar-refractivity contribution in [1.82, 2.24) is 9.97 Å². The molecule has 0 unspecified atom stereocenters. The van der Waals surface area contributed by atoms with E-state index in [2.05, 4.69) is 20.7 Å². The standard InChI is InChI=1S/C10H18N6O4/c1-7-8(16(18)19)9(14-10(13-7)15-11)12-3-2-5-20-6-4-17/h17H,2-6,11H2,1H3,(H2,12,13,14,15). The minimum absolute atomic E-state index is 0.0322. The summed E-state index contributed by atoms with van der Waals surface area (Å²) in [5.74, 6) is 5.42. The highest BCUT2D eigenvalue weighted by molar-refractivity contribution is 5.60. The minimum atomic E-state index is -0.541. The molecule has 1 aromatic heterocycles. The molecular formula is C10H18N6O4. The maximum atomic E-state index is 11.0. The number of hydrogen-bond donors (Lipinski definition) is 4. The van der Waals surface area contributed by atoms with E-state index in [1.165, 1.54) is 6.92 Å². The first kappa shape index (κ1) is 16.0. The molecular weight excluding hydrogens is 268 g/mol. The molecule has 0 fully saturated rings. The average Bonchev–Trinajstić information content (AvgIpc) is 2.41. The lowest BCUT2D eigenvalue weighted by Crippen LogP contribution is -2.15. The van der Waals surface area contributed by atoms with Crippen molar-refractivity contribution in [2.45, 2.75) is 13.3 Å². The largest absolute Gasteiger partial charge is 0.394 e. The third kappa shape index (κ3) is 4.57. The number of anilines is 2. The van der Waals surface area contributed by atoms with Crippen LogP contribution in [0.5, 0.6) is 0 Å². The van der Waals surface area contributed by atoms with Crippen molar-refractivity contribution in [2.75, 3.05) is 37.1 Å². The molecule has 0 aliphatic carbocycles. The fourth-order valence-corrected chi connectivity index (χ4v) is 1.52. The summed E-state index contributed by atoms with van der Waals surface area (Å²) in [6.45, 7) is 2.62. The highest BCUT2D eigenvalue weighted by Gasteiger charge is 2.21. The molecule has 1 rings (SSSR count). The number of aliphatic hydroxyl groups is 1. The van der Waals surface area contributed by atoms with Crippen LogP contribution in [-0.2, 0) is 4.74 Å². The Morgan fingerprint density at radius 3 is 2.80 bits per heavy atom. The van der Waals surface area contributed by atoms with Crippen LogP contribution in [0.3, 0.4) is 0 Å². The van der Waals surface area contributed by atoms with Crippen molar-refractivity contribution in [3.05, 3.63) is 15.8 Å².